The summed E-state index contributed by atoms with van der Waals surface area (Å²) in [4.78, 5) is 15.1. The molecule has 5 rings (SSSR count). The van der Waals surface area contributed by atoms with Crippen molar-refractivity contribution in [2.75, 3.05) is 20.1 Å². The molecular weight excluding hydrogens is 389 g/mol. The van der Waals surface area contributed by atoms with E-state index in [2.05, 4.69) is 29.4 Å². The van der Waals surface area contributed by atoms with E-state index in [-0.39, 0.29) is 24.1 Å². The van der Waals surface area contributed by atoms with Crippen LogP contribution in [-0.4, -0.2) is 42.9 Å². The van der Waals surface area contributed by atoms with Gasteiger partial charge in [0.15, 0.2) is 5.78 Å². The summed E-state index contributed by atoms with van der Waals surface area (Å²) >= 11 is 0. The number of allylic oxidation sites excluding steroid dienone is 2. The zero-order chi connectivity index (χ0) is 21.6. The molecule has 0 aromatic heterocycles. The molecule has 31 heavy (non-hydrogen) atoms. The van der Waals surface area contributed by atoms with Gasteiger partial charge in [-0.05, 0) is 99.2 Å². The van der Waals surface area contributed by atoms with Crippen molar-refractivity contribution in [3.05, 3.63) is 41.2 Å². The number of likely N-dealkylation sites (tertiary alicyclic amines) is 1. The van der Waals surface area contributed by atoms with Crippen molar-refractivity contribution < 1.29 is 9.18 Å². The minimum Gasteiger partial charge on any atom is -0.306 e. The first-order valence-corrected chi connectivity index (χ1v) is 11.8. The number of halogens is 1. The molecule has 2 bridgehead atoms. The van der Waals surface area contributed by atoms with Crippen LogP contribution < -0.4 is 5.32 Å². The van der Waals surface area contributed by atoms with Gasteiger partial charge < -0.3 is 10.2 Å². The highest BCUT2D eigenvalue weighted by atomic mass is 19.1. The van der Waals surface area contributed by atoms with Crippen LogP contribution in [0.1, 0.15) is 56.1 Å². The molecule has 1 N–H and O–H groups in total. The molecular formula is C26H32FN3O. The third-order valence-electron chi connectivity index (χ3n) is 8.23. The second-order valence-corrected chi connectivity index (χ2v) is 10.4. The SMILES string of the molecule is CN1CCC2(C=C(c3ccc(C[C@@H](C#N)CC(=O)[C@H]4N[C@@H]5CC[C@H]4C5)c(F)c3)C2)CC1. The molecule has 2 saturated heterocycles. The molecule has 0 radical (unpaired) electrons. The van der Waals surface area contributed by atoms with Crippen LogP contribution in [0.5, 0.6) is 0 Å². The zero-order valence-corrected chi connectivity index (χ0v) is 18.4. The van der Waals surface area contributed by atoms with E-state index in [1.54, 1.807) is 6.07 Å². The van der Waals surface area contributed by atoms with Crippen LogP contribution in [0.15, 0.2) is 24.3 Å². The van der Waals surface area contributed by atoms with E-state index in [0.717, 1.165) is 44.3 Å². The number of carbonyl (C=O) groups excluding carboxylic acids is 1. The molecule has 5 heteroatoms. The van der Waals surface area contributed by atoms with Gasteiger partial charge in [-0.15, -0.1) is 0 Å². The van der Waals surface area contributed by atoms with Crippen LogP contribution >= 0.6 is 0 Å². The Balaban J connectivity index is 1.21. The Morgan fingerprint density at radius 3 is 2.74 bits per heavy atom. The maximum atomic E-state index is 14.9. The monoisotopic (exact) mass is 421 g/mol. The summed E-state index contributed by atoms with van der Waals surface area (Å²) in [6.07, 6.45) is 9.60. The Morgan fingerprint density at radius 1 is 1.35 bits per heavy atom. The molecule has 0 unspecified atom stereocenters. The number of Topliss-reactive ketones (excluding diaryl/α,β-unsaturated/α-hetero) is 1. The van der Waals surface area contributed by atoms with Crippen molar-refractivity contribution in [1.29, 1.82) is 5.26 Å². The molecule has 2 aliphatic carbocycles. The van der Waals surface area contributed by atoms with Crippen molar-refractivity contribution in [2.24, 2.45) is 17.3 Å². The number of hydrogen-bond acceptors (Lipinski definition) is 4. The van der Waals surface area contributed by atoms with Gasteiger partial charge in [-0.25, -0.2) is 4.39 Å². The standard InChI is InChI=1S/C26H32FN3O/c1-30-8-6-26(7-9-30)14-21(15-26)18-2-3-19(23(27)13-18)10-17(16-28)11-24(31)25-20-4-5-22(12-20)29-25/h2-3,13-14,17,20,22,25,29H,4-12,15H2,1H3/t17-,20+,22-,25+/m1/s1. The molecule has 1 aromatic rings. The number of nitriles is 1. The maximum absolute atomic E-state index is 14.9. The highest BCUT2D eigenvalue weighted by Gasteiger charge is 2.43. The molecule has 4 atom stereocenters. The number of fused-ring (bicyclic) bond motifs is 2. The Bertz CT molecular complexity index is 940. The molecule has 0 amide bonds. The van der Waals surface area contributed by atoms with Gasteiger partial charge in [-0.2, -0.15) is 5.26 Å². The first kappa shape index (κ1) is 20.8. The number of ketones is 1. The second-order valence-electron chi connectivity index (χ2n) is 10.4. The van der Waals surface area contributed by atoms with E-state index >= 15 is 0 Å². The number of nitrogens with zero attached hydrogens (tertiary/aromatic N) is 2. The minimum atomic E-state index is -0.473. The summed E-state index contributed by atoms with van der Waals surface area (Å²) in [7, 11) is 2.17. The fraction of sp³-hybridized carbons (Fsp3) is 0.615. The lowest BCUT2D eigenvalue weighted by Crippen LogP contribution is -2.42. The summed E-state index contributed by atoms with van der Waals surface area (Å²) < 4.78 is 14.9. The summed E-state index contributed by atoms with van der Waals surface area (Å²) in [5, 5.41) is 13.0. The maximum Gasteiger partial charge on any atom is 0.151 e. The van der Waals surface area contributed by atoms with Crippen LogP contribution in [0.2, 0.25) is 0 Å². The normalized spacial score (nSPS) is 30.0. The lowest BCUT2D eigenvalue weighted by Gasteiger charge is -2.45. The van der Waals surface area contributed by atoms with Gasteiger partial charge in [0, 0.05) is 12.5 Å². The van der Waals surface area contributed by atoms with Gasteiger partial charge in [0.2, 0.25) is 0 Å². The van der Waals surface area contributed by atoms with Crippen molar-refractivity contribution >= 4 is 11.4 Å². The van der Waals surface area contributed by atoms with E-state index < -0.39 is 5.92 Å². The lowest BCUT2D eigenvalue weighted by molar-refractivity contribution is -0.122. The third kappa shape index (κ3) is 4.08. The second kappa shape index (κ2) is 8.15. The van der Waals surface area contributed by atoms with E-state index in [0.29, 0.717) is 29.4 Å². The molecule has 3 fully saturated rings. The molecule has 164 valence electrons. The van der Waals surface area contributed by atoms with Crippen LogP contribution in [0.3, 0.4) is 0 Å². The van der Waals surface area contributed by atoms with Gasteiger partial charge in [0.1, 0.15) is 5.82 Å². The first-order valence-electron chi connectivity index (χ1n) is 11.8. The number of carbonyl (C=O) groups is 1. The van der Waals surface area contributed by atoms with Crippen LogP contribution in [0.4, 0.5) is 4.39 Å². The number of hydrogen-bond donors (Lipinski definition) is 1. The molecule has 4 nitrogen and oxygen atoms in total. The quantitative estimate of drug-likeness (QED) is 0.751. The number of benzene rings is 1. The van der Waals surface area contributed by atoms with Crippen LogP contribution in [0.25, 0.3) is 5.57 Å². The summed E-state index contributed by atoms with van der Waals surface area (Å²) in [5.74, 6) is -0.178. The smallest absolute Gasteiger partial charge is 0.151 e. The highest BCUT2D eigenvalue weighted by molar-refractivity contribution is 5.85. The molecule has 2 aliphatic heterocycles. The van der Waals surface area contributed by atoms with Gasteiger partial charge in [0.25, 0.3) is 0 Å². The largest absolute Gasteiger partial charge is 0.306 e. The average Bonchev–Trinajstić information content (AvgIpc) is 3.37. The fourth-order valence-electron chi connectivity index (χ4n) is 6.22. The Kier molecular flexibility index (Phi) is 5.48. The first-order chi connectivity index (χ1) is 14.9. The fourth-order valence-corrected chi connectivity index (χ4v) is 6.22. The molecule has 1 saturated carbocycles. The van der Waals surface area contributed by atoms with Gasteiger partial charge in [-0.1, -0.05) is 18.2 Å². The summed E-state index contributed by atoms with van der Waals surface area (Å²) in [6.45, 7) is 2.26. The van der Waals surface area contributed by atoms with Crippen molar-refractivity contribution in [1.82, 2.24) is 10.2 Å². The molecule has 4 aliphatic rings. The number of piperidine rings is 2. The summed E-state index contributed by atoms with van der Waals surface area (Å²) in [6, 6.07) is 8.04. The topological polar surface area (TPSA) is 56.1 Å². The lowest BCUT2D eigenvalue weighted by atomic mass is 9.64. The van der Waals surface area contributed by atoms with Gasteiger partial charge in [-0.3, -0.25) is 4.79 Å². The van der Waals surface area contributed by atoms with Crippen molar-refractivity contribution in [2.45, 2.75) is 63.5 Å². The Labute approximate surface area is 184 Å². The van der Waals surface area contributed by atoms with Crippen molar-refractivity contribution in [3.8, 4) is 6.07 Å². The van der Waals surface area contributed by atoms with E-state index in [9.17, 15) is 14.4 Å². The van der Waals surface area contributed by atoms with E-state index in [1.807, 2.05) is 12.1 Å². The Hall–Kier alpha value is -2.03. The zero-order valence-electron chi connectivity index (χ0n) is 18.4. The van der Waals surface area contributed by atoms with E-state index in [1.165, 1.54) is 18.4 Å². The summed E-state index contributed by atoms with van der Waals surface area (Å²) in [5.41, 5.74) is 3.06. The van der Waals surface area contributed by atoms with Gasteiger partial charge in [0.05, 0.1) is 18.0 Å². The molecule has 1 spiro atoms. The van der Waals surface area contributed by atoms with Crippen LogP contribution in [-0.2, 0) is 11.2 Å². The minimum absolute atomic E-state index is 0.0979. The number of nitrogens with one attached hydrogen (secondary N) is 1. The van der Waals surface area contributed by atoms with Crippen LogP contribution in [0, 0.1) is 34.4 Å². The molecule has 1 aromatic carbocycles. The third-order valence-corrected chi connectivity index (χ3v) is 8.23. The molecule has 2 heterocycles. The highest BCUT2D eigenvalue weighted by Crippen LogP contribution is 2.50. The Morgan fingerprint density at radius 2 is 2.13 bits per heavy atom. The van der Waals surface area contributed by atoms with Crippen molar-refractivity contribution in [3.63, 3.8) is 0 Å². The van der Waals surface area contributed by atoms with Gasteiger partial charge >= 0.3 is 0 Å². The predicted molar refractivity (Wildman–Crippen MR) is 119 cm³/mol. The average molecular weight is 422 g/mol. The van der Waals surface area contributed by atoms with E-state index in [4.69, 9.17) is 0 Å². The predicted octanol–water partition coefficient (Wildman–Crippen LogP) is 4.11. The number of rotatable bonds is 6.